The number of carbonyl (C=O) groups is 1. The fourth-order valence-corrected chi connectivity index (χ4v) is 4.88. The number of hydrogen-bond acceptors (Lipinski definition) is 7. The van der Waals surface area contributed by atoms with Gasteiger partial charge in [-0.2, -0.15) is 15.0 Å². The van der Waals surface area contributed by atoms with Gasteiger partial charge in [-0.1, -0.05) is 6.07 Å². The molecule has 1 aromatic carbocycles. The number of hydrogen-bond donors (Lipinski definition) is 2. The summed E-state index contributed by atoms with van der Waals surface area (Å²) in [5.41, 5.74) is 1.40. The molecule has 4 heterocycles. The van der Waals surface area contributed by atoms with Crippen molar-refractivity contribution in [2.45, 2.75) is 26.4 Å². The fraction of sp³-hybridized carbons (Fsp3) is 0.417. The number of benzene rings is 1. The summed E-state index contributed by atoms with van der Waals surface area (Å²) >= 11 is 0. The van der Waals surface area contributed by atoms with Crippen LogP contribution in [0.2, 0.25) is 0 Å². The smallest absolute Gasteiger partial charge is 0.259 e. The van der Waals surface area contributed by atoms with Crippen molar-refractivity contribution < 1.29 is 15.0 Å². The molecule has 3 aromatic rings. The van der Waals surface area contributed by atoms with E-state index < -0.39 is 5.60 Å². The summed E-state index contributed by atoms with van der Waals surface area (Å²) < 4.78 is 0. The van der Waals surface area contributed by atoms with E-state index in [0.717, 1.165) is 24.5 Å². The van der Waals surface area contributed by atoms with Crippen molar-refractivity contribution in [3.8, 4) is 11.4 Å². The van der Waals surface area contributed by atoms with Crippen LogP contribution in [-0.4, -0.2) is 67.2 Å². The molecule has 2 fully saturated rings. The largest absolute Gasteiger partial charge is 0.507 e. The van der Waals surface area contributed by atoms with E-state index in [2.05, 4.69) is 15.1 Å². The summed E-state index contributed by atoms with van der Waals surface area (Å²) in [6.07, 6.45) is 3.07. The van der Waals surface area contributed by atoms with Crippen LogP contribution >= 0.6 is 0 Å². The van der Waals surface area contributed by atoms with Gasteiger partial charge in [0.25, 0.3) is 5.91 Å². The minimum atomic E-state index is -1.00. The molecular formula is C24H28N6O3. The van der Waals surface area contributed by atoms with Crippen LogP contribution in [0.15, 0.2) is 42.7 Å². The normalized spacial score (nSPS) is 20.4. The third kappa shape index (κ3) is 3.93. The van der Waals surface area contributed by atoms with Gasteiger partial charge in [0.1, 0.15) is 28.4 Å². The van der Waals surface area contributed by atoms with Crippen LogP contribution < -0.4 is 4.90 Å². The Hall–Kier alpha value is -3.46. The predicted octanol–water partition coefficient (Wildman–Crippen LogP) is 2.11. The first-order valence-corrected chi connectivity index (χ1v) is 11.1. The molecule has 0 saturated carbocycles. The highest BCUT2D eigenvalue weighted by Gasteiger charge is 2.43. The van der Waals surface area contributed by atoms with Gasteiger partial charge in [-0.3, -0.25) is 4.79 Å². The second kappa shape index (κ2) is 7.84. The van der Waals surface area contributed by atoms with Crippen LogP contribution in [0, 0.1) is 18.8 Å². The molecule has 0 bridgehead atoms. The molecule has 9 nitrogen and oxygen atoms in total. The van der Waals surface area contributed by atoms with E-state index in [9.17, 15) is 15.0 Å². The summed E-state index contributed by atoms with van der Waals surface area (Å²) in [5.74, 6) is 1.22. The van der Waals surface area contributed by atoms with Crippen LogP contribution in [-0.2, 0) is 5.60 Å². The van der Waals surface area contributed by atoms with Crippen LogP contribution in [0.4, 0.5) is 5.82 Å². The Labute approximate surface area is 192 Å². The summed E-state index contributed by atoms with van der Waals surface area (Å²) in [7, 11) is 0. The molecule has 2 aliphatic rings. The lowest BCUT2D eigenvalue weighted by molar-refractivity contribution is 0.0737. The quantitative estimate of drug-likeness (QED) is 0.629. The predicted molar refractivity (Wildman–Crippen MR) is 122 cm³/mol. The number of phenolic OH excluding ortho intramolecular Hbond substituents is 1. The summed E-state index contributed by atoms with van der Waals surface area (Å²) in [4.78, 5) is 23.5. The number of aryl methyl sites for hydroxylation is 1. The molecule has 5 rings (SSSR count). The van der Waals surface area contributed by atoms with Crippen molar-refractivity contribution in [3.63, 3.8) is 0 Å². The van der Waals surface area contributed by atoms with Gasteiger partial charge in [0.15, 0.2) is 0 Å². The van der Waals surface area contributed by atoms with Crippen LogP contribution in [0.1, 0.15) is 35.5 Å². The molecule has 2 aliphatic heterocycles. The van der Waals surface area contributed by atoms with Crippen LogP contribution in [0.3, 0.4) is 0 Å². The highest BCUT2D eigenvalue weighted by molar-refractivity contribution is 6.00. The molecule has 172 valence electrons. The standard InChI is InChI=1S/C24H28N6O3/c1-15-9-20(24(2,3)33)27-21(10-15)28-11-16-13-29(14-17(16)12-28)23(32)22-18(5-4-6-19(22)31)30-25-7-8-26-30/h4-10,16-17,31,33H,11-14H2,1-3H3. The molecular weight excluding hydrogens is 420 g/mol. The molecule has 9 heteroatoms. The first kappa shape index (κ1) is 21.4. The Morgan fingerprint density at radius 1 is 1.06 bits per heavy atom. The van der Waals surface area contributed by atoms with Crippen molar-refractivity contribution in [2.24, 2.45) is 11.8 Å². The number of aromatic hydroxyl groups is 1. The summed E-state index contributed by atoms with van der Waals surface area (Å²) in [6, 6.07) is 8.89. The first-order valence-electron chi connectivity index (χ1n) is 11.1. The number of rotatable bonds is 4. The Morgan fingerprint density at radius 3 is 2.36 bits per heavy atom. The number of anilines is 1. The molecule has 2 unspecified atom stereocenters. The number of carbonyl (C=O) groups excluding carboxylic acids is 1. The Balaban J connectivity index is 1.34. The van der Waals surface area contributed by atoms with Gasteiger partial charge in [0, 0.05) is 38.0 Å². The lowest BCUT2D eigenvalue weighted by Crippen LogP contribution is -2.34. The minimum absolute atomic E-state index is 0.0726. The SMILES string of the molecule is Cc1cc(N2CC3CN(C(=O)c4c(O)cccc4-n4nccn4)CC3C2)nc(C(C)(C)O)c1. The van der Waals surface area contributed by atoms with E-state index in [1.54, 1.807) is 26.0 Å². The van der Waals surface area contributed by atoms with E-state index in [4.69, 9.17) is 4.98 Å². The number of amides is 1. The van der Waals surface area contributed by atoms with Crippen molar-refractivity contribution in [1.82, 2.24) is 24.9 Å². The molecule has 0 radical (unpaired) electrons. The number of phenols is 1. The monoisotopic (exact) mass is 448 g/mol. The fourth-order valence-electron chi connectivity index (χ4n) is 4.88. The molecule has 2 aromatic heterocycles. The topological polar surface area (TPSA) is 108 Å². The number of aliphatic hydroxyl groups is 1. The number of aromatic nitrogens is 4. The maximum atomic E-state index is 13.4. The van der Waals surface area contributed by atoms with E-state index in [-0.39, 0.29) is 17.2 Å². The average Bonchev–Trinajstić information content (AvgIpc) is 3.48. The van der Waals surface area contributed by atoms with Crippen molar-refractivity contribution in [2.75, 3.05) is 31.1 Å². The van der Waals surface area contributed by atoms with Crippen LogP contribution in [0.5, 0.6) is 5.75 Å². The van der Waals surface area contributed by atoms with Crippen LogP contribution in [0.25, 0.3) is 5.69 Å². The van der Waals surface area contributed by atoms with Gasteiger partial charge in [-0.25, -0.2) is 4.98 Å². The number of likely N-dealkylation sites (tertiary alicyclic amines) is 1. The Kier molecular flexibility index (Phi) is 5.08. The highest BCUT2D eigenvalue weighted by Crippen LogP contribution is 2.36. The minimum Gasteiger partial charge on any atom is -0.507 e. The Morgan fingerprint density at radius 2 is 1.73 bits per heavy atom. The molecule has 2 N–H and O–H groups in total. The number of fused-ring (bicyclic) bond motifs is 1. The van der Waals surface area contributed by atoms with Gasteiger partial charge in [-0.05, 0) is 50.6 Å². The van der Waals surface area contributed by atoms with E-state index in [1.807, 2.05) is 24.0 Å². The Bertz CT molecular complexity index is 1170. The third-order valence-electron chi connectivity index (χ3n) is 6.55. The first-order chi connectivity index (χ1) is 15.7. The molecule has 0 aliphatic carbocycles. The molecule has 2 saturated heterocycles. The highest BCUT2D eigenvalue weighted by atomic mass is 16.3. The molecule has 0 spiro atoms. The zero-order chi connectivity index (χ0) is 23.3. The van der Waals surface area contributed by atoms with E-state index in [0.29, 0.717) is 36.3 Å². The van der Waals surface area contributed by atoms with E-state index >= 15 is 0 Å². The average molecular weight is 449 g/mol. The second-order valence-corrected chi connectivity index (χ2v) is 9.57. The third-order valence-corrected chi connectivity index (χ3v) is 6.55. The summed E-state index contributed by atoms with van der Waals surface area (Å²) in [5, 5.41) is 29.1. The number of pyridine rings is 1. The molecule has 33 heavy (non-hydrogen) atoms. The lowest BCUT2D eigenvalue weighted by Gasteiger charge is -2.25. The van der Waals surface area contributed by atoms with Gasteiger partial charge in [-0.15, -0.1) is 0 Å². The van der Waals surface area contributed by atoms with Crippen molar-refractivity contribution >= 4 is 11.7 Å². The van der Waals surface area contributed by atoms with Gasteiger partial charge in [0.05, 0.1) is 18.1 Å². The van der Waals surface area contributed by atoms with E-state index in [1.165, 1.54) is 23.3 Å². The number of nitrogens with zero attached hydrogens (tertiary/aromatic N) is 6. The zero-order valence-electron chi connectivity index (χ0n) is 19.0. The summed E-state index contributed by atoms with van der Waals surface area (Å²) in [6.45, 7) is 8.32. The maximum absolute atomic E-state index is 13.4. The van der Waals surface area contributed by atoms with Gasteiger partial charge >= 0.3 is 0 Å². The molecule has 2 atom stereocenters. The maximum Gasteiger partial charge on any atom is 0.259 e. The molecule has 1 amide bonds. The zero-order valence-corrected chi connectivity index (χ0v) is 19.0. The van der Waals surface area contributed by atoms with Crippen molar-refractivity contribution in [3.05, 3.63) is 59.5 Å². The van der Waals surface area contributed by atoms with Gasteiger partial charge < -0.3 is 20.0 Å². The van der Waals surface area contributed by atoms with Crippen molar-refractivity contribution in [1.29, 1.82) is 0 Å². The van der Waals surface area contributed by atoms with Gasteiger partial charge in [0.2, 0.25) is 0 Å². The second-order valence-electron chi connectivity index (χ2n) is 9.57. The lowest BCUT2D eigenvalue weighted by atomic mass is 10.0.